The fourth-order valence-corrected chi connectivity index (χ4v) is 3.93. The first-order valence-electron chi connectivity index (χ1n) is 6.60. The van der Waals surface area contributed by atoms with Crippen LogP contribution in [0.15, 0.2) is 0 Å². The van der Waals surface area contributed by atoms with Crippen molar-refractivity contribution < 1.29 is 17.9 Å². The molecule has 0 radical (unpaired) electrons. The molecule has 6 heteroatoms. The highest BCUT2D eigenvalue weighted by molar-refractivity contribution is 7.91. The molecule has 0 aromatic heterocycles. The Morgan fingerprint density at radius 2 is 1.89 bits per heavy atom. The molecule has 0 aliphatic heterocycles. The molecule has 19 heavy (non-hydrogen) atoms. The molecule has 1 fully saturated rings. The van der Waals surface area contributed by atoms with Gasteiger partial charge >= 0.3 is 5.97 Å². The van der Waals surface area contributed by atoms with E-state index in [1.54, 1.807) is 0 Å². The van der Waals surface area contributed by atoms with E-state index in [1.807, 2.05) is 20.8 Å². The van der Waals surface area contributed by atoms with Crippen molar-refractivity contribution in [3.63, 3.8) is 0 Å². The molecule has 0 bridgehead atoms. The molecule has 1 aliphatic carbocycles. The monoisotopic (exact) mass is 291 g/mol. The molecule has 0 aromatic rings. The number of nitrogens with one attached hydrogen (secondary N) is 1. The summed E-state index contributed by atoms with van der Waals surface area (Å²) in [5, 5.41) is 3.17. The molecule has 1 aliphatic rings. The van der Waals surface area contributed by atoms with Crippen molar-refractivity contribution in [1.82, 2.24) is 5.32 Å². The van der Waals surface area contributed by atoms with Crippen LogP contribution < -0.4 is 5.32 Å². The number of methoxy groups -OCH3 is 1. The number of carbonyl (C=O) groups is 1. The van der Waals surface area contributed by atoms with Gasteiger partial charge in [0.15, 0.2) is 9.84 Å². The van der Waals surface area contributed by atoms with Crippen LogP contribution in [0, 0.1) is 5.41 Å². The number of sulfone groups is 1. The predicted molar refractivity (Wildman–Crippen MR) is 74.7 cm³/mol. The molecule has 1 N–H and O–H groups in total. The average molecular weight is 291 g/mol. The van der Waals surface area contributed by atoms with E-state index in [-0.39, 0.29) is 34.8 Å². The van der Waals surface area contributed by atoms with Crippen LogP contribution in [0.2, 0.25) is 0 Å². The molecular formula is C13H25NO4S. The van der Waals surface area contributed by atoms with Crippen LogP contribution in [0.25, 0.3) is 0 Å². The maximum atomic E-state index is 12.0. The number of hydrogen-bond donors (Lipinski definition) is 1. The first-order valence-corrected chi connectivity index (χ1v) is 8.42. The van der Waals surface area contributed by atoms with Crippen molar-refractivity contribution in [2.75, 3.05) is 25.2 Å². The van der Waals surface area contributed by atoms with Gasteiger partial charge < -0.3 is 10.1 Å². The predicted octanol–water partition coefficient (Wildman–Crippen LogP) is 1.13. The largest absolute Gasteiger partial charge is 0.469 e. The first-order chi connectivity index (χ1) is 8.58. The van der Waals surface area contributed by atoms with Gasteiger partial charge in [-0.3, -0.25) is 4.79 Å². The van der Waals surface area contributed by atoms with Gasteiger partial charge in [0.05, 0.1) is 25.0 Å². The van der Waals surface area contributed by atoms with E-state index in [0.717, 1.165) is 12.8 Å². The molecule has 0 atom stereocenters. The van der Waals surface area contributed by atoms with Crippen LogP contribution >= 0.6 is 0 Å². The molecule has 0 saturated heterocycles. The van der Waals surface area contributed by atoms with Crippen molar-refractivity contribution in [3.8, 4) is 0 Å². The van der Waals surface area contributed by atoms with Gasteiger partial charge in [0.2, 0.25) is 0 Å². The van der Waals surface area contributed by atoms with Gasteiger partial charge in [0, 0.05) is 12.1 Å². The van der Waals surface area contributed by atoms with E-state index in [4.69, 9.17) is 0 Å². The fraction of sp³-hybridized carbons (Fsp3) is 0.923. The van der Waals surface area contributed by atoms with Gasteiger partial charge in [0.1, 0.15) is 0 Å². The van der Waals surface area contributed by atoms with E-state index in [0.29, 0.717) is 6.54 Å². The summed E-state index contributed by atoms with van der Waals surface area (Å²) in [6, 6.07) is 0. The lowest BCUT2D eigenvalue weighted by Crippen LogP contribution is -2.39. The number of ether oxygens (including phenoxy) is 1. The second-order valence-corrected chi connectivity index (χ2v) is 8.71. The highest BCUT2D eigenvalue weighted by atomic mass is 32.2. The third-order valence-electron chi connectivity index (χ3n) is 3.30. The summed E-state index contributed by atoms with van der Waals surface area (Å²) in [5.74, 6) is -0.103. The minimum Gasteiger partial charge on any atom is -0.469 e. The van der Waals surface area contributed by atoms with Crippen molar-refractivity contribution in [3.05, 3.63) is 0 Å². The Balaban J connectivity index is 2.44. The summed E-state index contributed by atoms with van der Waals surface area (Å²) in [4.78, 5) is 11.3. The Kier molecular flexibility index (Phi) is 5.01. The Morgan fingerprint density at radius 1 is 1.32 bits per heavy atom. The van der Waals surface area contributed by atoms with Crippen molar-refractivity contribution >= 4 is 15.8 Å². The molecule has 0 aromatic carbocycles. The first kappa shape index (κ1) is 16.4. The van der Waals surface area contributed by atoms with Gasteiger partial charge in [-0.15, -0.1) is 0 Å². The molecule has 1 saturated carbocycles. The highest BCUT2D eigenvalue weighted by Crippen LogP contribution is 2.50. The normalized spacial score (nSPS) is 18.1. The highest BCUT2D eigenvalue weighted by Gasteiger charge is 2.47. The van der Waals surface area contributed by atoms with Gasteiger partial charge in [-0.05, 0) is 39.0 Å². The van der Waals surface area contributed by atoms with Gasteiger partial charge in [-0.2, -0.15) is 0 Å². The second kappa shape index (κ2) is 5.79. The van der Waals surface area contributed by atoms with E-state index < -0.39 is 9.84 Å². The van der Waals surface area contributed by atoms with E-state index in [9.17, 15) is 13.2 Å². The zero-order valence-corrected chi connectivity index (χ0v) is 13.1. The zero-order valence-electron chi connectivity index (χ0n) is 12.3. The Morgan fingerprint density at radius 3 is 2.32 bits per heavy atom. The topological polar surface area (TPSA) is 72.5 Å². The Hall–Kier alpha value is -0.620. The summed E-state index contributed by atoms with van der Waals surface area (Å²) in [6.07, 6.45) is 1.82. The number of rotatable bonds is 7. The van der Waals surface area contributed by atoms with E-state index in [1.165, 1.54) is 7.11 Å². The quantitative estimate of drug-likeness (QED) is 0.712. The smallest absolute Gasteiger partial charge is 0.306 e. The Labute approximate surface area is 116 Å². The lowest BCUT2D eigenvalue weighted by molar-refractivity contribution is -0.141. The van der Waals surface area contributed by atoms with E-state index in [2.05, 4.69) is 10.1 Å². The standard InChI is InChI=1S/C13H25NO4S/c1-12(2,3)14-7-8-19(16,17)10-13(5-6-13)9-11(15)18-4/h14H,5-10H2,1-4H3. The lowest BCUT2D eigenvalue weighted by atomic mass is 10.1. The third kappa shape index (κ3) is 6.38. The van der Waals surface area contributed by atoms with Gasteiger partial charge in [-0.1, -0.05) is 0 Å². The molecule has 0 unspecified atom stereocenters. The minimum absolute atomic E-state index is 0.0845. The molecule has 0 amide bonds. The molecule has 0 spiro atoms. The summed E-state index contributed by atoms with van der Waals surface area (Å²) >= 11 is 0. The number of esters is 1. The SMILES string of the molecule is COC(=O)CC1(CS(=O)(=O)CCNC(C)(C)C)CC1. The second-order valence-electron chi connectivity index (χ2n) is 6.52. The number of carbonyl (C=O) groups excluding carboxylic acids is 1. The maximum absolute atomic E-state index is 12.0. The van der Waals surface area contributed by atoms with Gasteiger partial charge in [-0.25, -0.2) is 8.42 Å². The lowest BCUT2D eigenvalue weighted by Gasteiger charge is -2.21. The maximum Gasteiger partial charge on any atom is 0.306 e. The molecular weight excluding hydrogens is 266 g/mol. The molecule has 1 rings (SSSR count). The summed E-state index contributed by atoms with van der Waals surface area (Å²) in [7, 11) is -1.79. The van der Waals surface area contributed by atoms with Gasteiger partial charge in [0.25, 0.3) is 0 Å². The zero-order chi connectivity index (χ0) is 14.7. The summed E-state index contributed by atoms with van der Waals surface area (Å²) in [5.41, 5.74) is -0.438. The van der Waals surface area contributed by atoms with Crippen molar-refractivity contribution in [2.45, 2.75) is 45.6 Å². The van der Waals surface area contributed by atoms with Crippen LogP contribution in [-0.4, -0.2) is 45.1 Å². The number of hydrogen-bond acceptors (Lipinski definition) is 5. The average Bonchev–Trinajstić information content (AvgIpc) is 2.93. The van der Waals surface area contributed by atoms with Crippen LogP contribution in [0.3, 0.4) is 0 Å². The summed E-state index contributed by atoms with van der Waals surface area (Å²) < 4.78 is 28.7. The minimum atomic E-state index is -3.12. The molecule has 0 heterocycles. The van der Waals surface area contributed by atoms with Crippen LogP contribution in [-0.2, 0) is 19.4 Å². The van der Waals surface area contributed by atoms with Crippen LogP contribution in [0.4, 0.5) is 0 Å². The molecule has 5 nitrogen and oxygen atoms in total. The van der Waals surface area contributed by atoms with Crippen LogP contribution in [0.1, 0.15) is 40.0 Å². The van der Waals surface area contributed by atoms with Crippen molar-refractivity contribution in [2.24, 2.45) is 5.41 Å². The van der Waals surface area contributed by atoms with Crippen LogP contribution in [0.5, 0.6) is 0 Å². The molecule has 112 valence electrons. The Bertz CT molecular complexity index is 418. The van der Waals surface area contributed by atoms with E-state index >= 15 is 0 Å². The van der Waals surface area contributed by atoms with Crippen molar-refractivity contribution in [1.29, 1.82) is 0 Å². The third-order valence-corrected chi connectivity index (χ3v) is 5.18. The fourth-order valence-electron chi connectivity index (χ4n) is 2.05. The summed E-state index contributed by atoms with van der Waals surface area (Å²) in [6.45, 7) is 6.44.